The summed E-state index contributed by atoms with van der Waals surface area (Å²) in [5.74, 6) is 0.157. The Kier molecular flexibility index (Phi) is 4.48. The molecule has 1 heterocycles. The third-order valence-electron chi connectivity index (χ3n) is 3.45. The van der Waals surface area contributed by atoms with Crippen molar-refractivity contribution in [2.24, 2.45) is 5.73 Å². The fraction of sp³-hybridized carbons (Fsp3) is 0.235. The molecule has 0 aliphatic heterocycles. The first-order valence-electron chi connectivity index (χ1n) is 6.92. The van der Waals surface area contributed by atoms with E-state index in [-0.39, 0.29) is 5.78 Å². The van der Waals surface area contributed by atoms with Crippen LogP contribution in [0.2, 0.25) is 0 Å². The average Bonchev–Trinajstić information content (AvgIpc) is 2.53. The molecular weight excluding hydrogens is 262 g/mol. The lowest BCUT2D eigenvalue weighted by atomic mass is 9.99. The number of nitrogens with two attached hydrogens (primary N) is 1. The molecule has 2 N–H and O–H groups in total. The Bertz CT molecular complexity index is 688. The summed E-state index contributed by atoms with van der Waals surface area (Å²) < 4.78 is 0. The van der Waals surface area contributed by atoms with Gasteiger partial charge in [0.1, 0.15) is 0 Å². The molecule has 0 radical (unpaired) electrons. The van der Waals surface area contributed by atoms with Crippen molar-refractivity contribution >= 4 is 11.4 Å². The first-order valence-corrected chi connectivity index (χ1v) is 6.92. The number of nitrogens with zero attached hydrogens (tertiary/aromatic N) is 2. The zero-order chi connectivity index (χ0) is 15.4. The van der Waals surface area contributed by atoms with Crippen LogP contribution in [-0.2, 0) is 0 Å². The van der Waals surface area contributed by atoms with E-state index in [9.17, 15) is 4.79 Å². The topological polar surface area (TPSA) is 68.9 Å². The van der Waals surface area contributed by atoms with E-state index in [0.717, 1.165) is 33.7 Å². The van der Waals surface area contributed by atoms with Crippen LogP contribution in [0.15, 0.2) is 36.8 Å². The van der Waals surface area contributed by atoms with Crippen LogP contribution in [-0.4, -0.2) is 15.8 Å². The van der Waals surface area contributed by atoms with E-state index in [1.165, 1.54) is 6.20 Å². The fourth-order valence-electron chi connectivity index (χ4n) is 2.09. The van der Waals surface area contributed by atoms with Crippen molar-refractivity contribution in [1.82, 2.24) is 9.97 Å². The van der Waals surface area contributed by atoms with E-state index in [0.29, 0.717) is 6.42 Å². The van der Waals surface area contributed by atoms with Crippen LogP contribution in [0.3, 0.4) is 0 Å². The van der Waals surface area contributed by atoms with Crippen molar-refractivity contribution in [3.63, 3.8) is 0 Å². The minimum atomic E-state index is 0.157. The lowest BCUT2D eigenvalue weighted by molar-refractivity contribution is 0.0987. The van der Waals surface area contributed by atoms with Crippen LogP contribution < -0.4 is 5.73 Å². The third kappa shape index (κ3) is 3.16. The second-order valence-corrected chi connectivity index (χ2v) is 4.94. The number of rotatable bonds is 4. The first-order chi connectivity index (χ1) is 10.1. The summed E-state index contributed by atoms with van der Waals surface area (Å²) >= 11 is 0. The number of ketones is 1. The van der Waals surface area contributed by atoms with Gasteiger partial charge in [0.05, 0.1) is 23.8 Å². The number of carbonyl (C=O) groups is 1. The molecule has 4 heteroatoms. The molecule has 0 saturated carbocycles. The molecule has 0 unspecified atom stereocenters. The molecule has 1 aromatic heterocycles. The van der Waals surface area contributed by atoms with Crippen molar-refractivity contribution in [3.8, 4) is 11.3 Å². The molecule has 0 amide bonds. The summed E-state index contributed by atoms with van der Waals surface area (Å²) in [5.41, 5.74) is 10.6. The zero-order valence-electron chi connectivity index (χ0n) is 12.6. The van der Waals surface area contributed by atoms with Gasteiger partial charge >= 0.3 is 0 Å². The summed E-state index contributed by atoms with van der Waals surface area (Å²) in [7, 11) is 0. The highest BCUT2D eigenvalue weighted by atomic mass is 16.1. The van der Waals surface area contributed by atoms with Gasteiger partial charge in [-0.1, -0.05) is 19.1 Å². The smallest absolute Gasteiger partial charge is 0.162 e. The Morgan fingerprint density at radius 1 is 1.29 bits per heavy atom. The lowest BCUT2D eigenvalue weighted by Crippen LogP contribution is -2.00. The number of Topliss-reactive ketones (excluding diaryl/α,β-unsaturated/α-hetero) is 1. The third-order valence-corrected chi connectivity index (χ3v) is 3.45. The van der Waals surface area contributed by atoms with Crippen LogP contribution in [0.5, 0.6) is 0 Å². The molecule has 1 aromatic carbocycles. The Morgan fingerprint density at radius 3 is 2.57 bits per heavy atom. The van der Waals surface area contributed by atoms with E-state index in [1.54, 1.807) is 12.4 Å². The molecular formula is C17H19N3O. The normalized spacial score (nSPS) is 11.5. The SMILES string of the molecule is CCC(=O)c1ccc(-c2cnc(/C(C)=C\N)cn2)cc1C. The molecule has 0 aliphatic rings. The largest absolute Gasteiger partial charge is 0.404 e. The second kappa shape index (κ2) is 6.31. The van der Waals surface area contributed by atoms with E-state index >= 15 is 0 Å². The Labute approximate surface area is 124 Å². The van der Waals surface area contributed by atoms with Crippen LogP contribution in [0, 0.1) is 6.92 Å². The predicted octanol–water partition coefficient (Wildman–Crippen LogP) is 3.36. The van der Waals surface area contributed by atoms with Gasteiger partial charge in [-0.25, -0.2) is 0 Å². The Morgan fingerprint density at radius 2 is 2.05 bits per heavy atom. The summed E-state index contributed by atoms with van der Waals surface area (Å²) in [6.07, 6.45) is 5.45. The van der Waals surface area contributed by atoms with E-state index in [4.69, 9.17) is 5.73 Å². The standard InChI is InChI=1S/C17H19N3O/c1-4-17(21)14-6-5-13(7-11(14)2)16-10-19-15(9-20-16)12(3)8-18/h5-10H,4,18H2,1-3H3/b12-8-. The maximum atomic E-state index is 11.8. The molecule has 0 fully saturated rings. The van der Waals surface area contributed by atoms with Crippen molar-refractivity contribution in [3.05, 3.63) is 53.6 Å². The van der Waals surface area contributed by atoms with Crippen LogP contribution >= 0.6 is 0 Å². The highest BCUT2D eigenvalue weighted by Gasteiger charge is 2.09. The van der Waals surface area contributed by atoms with Crippen LogP contribution in [0.25, 0.3) is 16.8 Å². The second-order valence-electron chi connectivity index (χ2n) is 4.94. The number of carbonyl (C=O) groups excluding carboxylic acids is 1. The molecule has 21 heavy (non-hydrogen) atoms. The van der Waals surface area contributed by atoms with Crippen LogP contribution in [0.1, 0.15) is 41.9 Å². The van der Waals surface area contributed by atoms with Crippen molar-refractivity contribution in [2.45, 2.75) is 27.2 Å². The highest BCUT2D eigenvalue weighted by Crippen LogP contribution is 2.21. The number of benzene rings is 1. The number of hydrogen-bond acceptors (Lipinski definition) is 4. The predicted molar refractivity (Wildman–Crippen MR) is 84.7 cm³/mol. The molecule has 2 aromatic rings. The van der Waals surface area contributed by atoms with Crippen molar-refractivity contribution in [2.75, 3.05) is 0 Å². The van der Waals surface area contributed by atoms with Gasteiger partial charge in [0, 0.05) is 17.5 Å². The van der Waals surface area contributed by atoms with Gasteiger partial charge in [0.15, 0.2) is 5.78 Å². The highest BCUT2D eigenvalue weighted by molar-refractivity contribution is 5.97. The van der Waals surface area contributed by atoms with Gasteiger partial charge in [0.25, 0.3) is 0 Å². The number of hydrogen-bond donors (Lipinski definition) is 1. The van der Waals surface area contributed by atoms with Crippen molar-refractivity contribution < 1.29 is 4.79 Å². The molecule has 0 saturated heterocycles. The van der Waals surface area contributed by atoms with E-state index < -0.39 is 0 Å². The minimum Gasteiger partial charge on any atom is -0.404 e. The fourth-order valence-corrected chi connectivity index (χ4v) is 2.09. The molecule has 2 rings (SSSR count). The van der Waals surface area contributed by atoms with Gasteiger partial charge in [-0.2, -0.15) is 0 Å². The van der Waals surface area contributed by atoms with Gasteiger partial charge < -0.3 is 5.73 Å². The Hall–Kier alpha value is -2.49. The van der Waals surface area contributed by atoms with Gasteiger partial charge in [-0.05, 0) is 37.3 Å². The summed E-state index contributed by atoms with van der Waals surface area (Å²) in [6, 6.07) is 5.74. The number of allylic oxidation sites excluding steroid dienone is 1. The quantitative estimate of drug-likeness (QED) is 0.872. The van der Waals surface area contributed by atoms with Crippen LogP contribution in [0.4, 0.5) is 0 Å². The molecule has 0 spiro atoms. The zero-order valence-corrected chi connectivity index (χ0v) is 12.6. The molecule has 0 aliphatic carbocycles. The number of aromatic nitrogens is 2. The maximum Gasteiger partial charge on any atom is 0.162 e. The summed E-state index contributed by atoms with van der Waals surface area (Å²) in [4.78, 5) is 20.6. The van der Waals surface area contributed by atoms with Gasteiger partial charge in [0.2, 0.25) is 0 Å². The van der Waals surface area contributed by atoms with Crippen molar-refractivity contribution in [1.29, 1.82) is 0 Å². The molecule has 4 nitrogen and oxygen atoms in total. The minimum absolute atomic E-state index is 0.157. The van der Waals surface area contributed by atoms with Gasteiger partial charge in [-0.15, -0.1) is 0 Å². The Balaban J connectivity index is 2.35. The first kappa shape index (κ1) is 14.9. The van der Waals surface area contributed by atoms with E-state index in [1.807, 2.05) is 39.0 Å². The molecule has 0 atom stereocenters. The summed E-state index contributed by atoms with van der Waals surface area (Å²) in [5, 5.41) is 0. The lowest BCUT2D eigenvalue weighted by Gasteiger charge is -2.07. The number of aryl methyl sites for hydroxylation is 1. The monoisotopic (exact) mass is 281 g/mol. The maximum absolute atomic E-state index is 11.8. The molecule has 108 valence electrons. The average molecular weight is 281 g/mol. The molecule has 0 bridgehead atoms. The van der Waals surface area contributed by atoms with Gasteiger partial charge in [-0.3, -0.25) is 14.8 Å². The van der Waals surface area contributed by atoms with E-state index in [2.05, 4.69) is 9.97 Å². The summed E-state index contributed by atoms with van der Waals surface area (Å²) in [6.45, 7) is 5.70.